The summed E-state index contributed by atoms with van der Waals surface area (Å²) in [5.74, 6) is -0.208. The van der Waals surface area contributed by atoms with E-state index in [4.69, 9.17) is 14.7 Å². The minimum absolute atomic E-state index is 0.000245. The van der Waals surface area contributed by atoms with E-state index in [-0.39, 0.29) is 11.3 Å². The first-order valence-electron chi connectivity index (χ1n) is 6.15. The summed E-state index contributed by atoms with van der Waals surface area (Å²) in [6.07, 6.45) is 0. The number of ether oxygens (including phenoxy) is 2. The van der Waals surface area contributed by atoms with Crippen LogP contribution in [0, 0.1) is 18.3 Å². The van der Waals surface area contributed by atoms with Gasteiger partial charge in [0.25, 0.3) is 0 Å². The molecule has 0 unspecified atom stereocenters. The highest BCUT2D eigenvalue weighted by Crippen LogP contribution is 2.31. The molecule has 2 rings (SSSR count). The summed E-state index contributed by atoms with van der Waals surface area (Å²) in [4.78, 5) is 11.2. The lowest BCUT2D eigenvalue weighted by Crippen LogP contribution is -2.01. The number of carboxylic acid groups (broad SMARTS) is 1. The fourth-order valence-electron chi connectivity index (χ4n) is 1.83. The van der Waals surface area contributed by atoms with Gasteiger partial charge >= 0.3 is 5.97 Å². The summed E-state index contributed by atoms with van der Waals surface area (Å²) in [6, 6.07) is 11.5. The number of aryl methyl sites for hydroxylation is 1. The number of hydrogen-bond acceptors (Lipinski definition) is 4. The van der Waals surface area contributed by atoms with E-state index in [1.807, 2.05) is 13.0 Å². The second-order valence-corrected chi connectivity index (χ2v) is 4.38. The van der Waals surface area contributed by atoms with Crippen molar-refractivity contribution in [2.45, 2.75) is 6.92 Å². The van der Waals surface area contributed by atoms with Gasteiger partial charge in [0.05, 0.1) is 12.7 Å². The van der Waals surface area contributed by atoms with Gasteiger partial charge in [0.15, 0.2) is 0 Å². The first-order valence-corrected chi connectivity index (χ1v) is 6.15. The van der Waals surface area contributed by atoms with E-state index in [0.717, 1.165) is 5.56 Å². The highest BCUT2D eigenvalue weighted by Gasteiger charge is 2.15. The molecule has 21 heavy (non-hydrogen) atoms. The summed E-state index contributed by atoms with van der Waals surface area (Å²) in [6.45, 7) is 1.86. The van der Waals surface area contributed by atoms with Gasteiger partial charge in [-0.2, -0.15) is 5.26 Å². The Bertz CT molecular complexity index is 732. The summed E-state index contributed by atoms with van der Waals surface area (Å²) in [5.41, 5.74) is 1.26. The Kier molecular flexibility index (Phi) is 4.10. The van der Waals surface area contributed by atoms with Crippen LogP contribution in [-0.2, 0) is 0 Å². The van der Waals surface area contributed by atoms with E-state index >= 15 is 0 Å². The van der Waals surface area contributed by atoms with Crippen molar-refractivity contribution in [1.29, 1.82) is 5.26 Å². The van der Waals surface area contributed by atoms with E-state index in [2.05, 4.69) is 0 Å². The average molecular weight is 283 g/mol. The Labute approximate surface area is 122 Å². The Morgan fingerprint density at radius 3 is 2.57 bits per heavy atom. The third-order valence-electron chi connectivity index (χ3n) is 2.89. The molecule has 0 radical (unpaired) electrons. The van der Waals surface area contributed by atoms with Gasteiger partial charge in [-0.15, -0.1) is 0 Å². The van der Waals surface area contributed by atoms with Gasteiger partial charge < -0.3 is 14.6 Å². The molecule has 0 heterocycles. The van der Waals surface area contributed by atoms with Crippen LogP contribution in [0.5, 0.6) is 17.2 Å². The number of nitriles is 1. The molecule has 106 valence electrons. The number of aromatic carboxylic acids is 1. The number of benzene rings is 2. The van der Waals surface area contributed by atoms with E-state index in [1.165, 1.54) is 25.3 Å². The SMILES string of the molecule is COc1ccc(C(=O)O)c(Oc2ccc(C)cc2C#N)c1. The molecular weight excluding hydrogens is 270 g/mol. The van der Waals surface area contributed by atoms with Crippen molar-refractivity contribution in [3.05, 3.63) is 53.1 Å². The third-order valence-corrected chi connectivity index (χ3v) is 2.89. The normalized spacial score (nSPS) is 9.76. The molecule has 0 spiro atoms. The van der Waals surface area contributed by atoms with Crippen molar-refractivity contribution in [3.63, 3.8) is 0 Å². The molecule has 0 saturated carbocycles. The molecule has 0 saturated heterocycles. The maximum Gasteiger partial charge on any atom is 0.339 e. The second-order valence-electron chi connectivity index (χ2n) is 4.38. The summed E-state index contributed by atoms with van der Waals surface area (Å²) in [5, 5.41) is 18.3. The maximum atomic E-state index is 11.2. The highest BCUT2D eigenvalue weighted by atomic mass is 16.5. The second kappa shape index (κ2) is 5.97. The summed E-state index contributed by atoms with van der Waals surface area (Å²) < 4.78 is 10.7. The summed E-state index contributed by atoms with van der Waals surface area (Å²) in [7, 11) is 1.48. The number of carboxylic acids is 1. The minimum atomic E-state index is -1.11. The zero-order valence-electron chi connectivity index (χ0n) is 11.6. The number of nitrogens with zero attached hydrogens (tertiary/aromatic N) is 1. The summed E-state index contributed by atoms with van der Waals surface area (Å²) >= 11 is 0. The molecule has 0 aliphatic heterocycles. The molecule has 0 fully saturated rings. The zero-order chi connectivity index (χ0) is 15.4. The van der Waals surface area contributed by atoms with Crippen molar-refractivity contribution >= 4 is 5.97 Å². The van der Waals surface area contributed by atoms with Crippen LogP contribution in [0.25, 0.3) is 0 Å². The van der Waals surface area contributed by atoms with Crippen molar-refractivity contribution in [1.82, 2.24) is 0 Å². The molecule has 0 aliphatic rings. The van der Waals surface area contributed by atoms with Gasteiger partial charge in [-0.05, 0) is 36.8 Å². The molecule has 2 aromatic carbocycles. The highest BCUT2D eigenvalue weighted by molar-refractivity contribution is 5.91. The molecule has 0 amide bonds. The van der Waals surface area contributed by atoms with Crippen LogP contribution in [0.4, 0.5) is 0 Å². The topological polar surface area (TPSA) is 79.6 Å². The van der Waals surface area contributed by atoms with E-state index in [9.17, 15) is 9.90 Å². The third kappa shape index (κ3) is 3.12. The minimum Gasteiger partial charge on any atom is -0.497 e. The lowest BCUT2D eigenvalue weighted by Gasteiger charge is -2.11. The van der Waals surface area contributed by atoms with Crippen molar-refractivity contribution in [2.24, 2.45) is 0 Å². The molecule has 0 aliphatic carbocycles. The molecule has 5 nitrogen and oxygen atoms in total. The van der Waals surface area contributed by atoms with E-state index < -0.39 is 5.97 Å². The van der Waals surface area contributed by atoms with Crippen LogP contribution in [0.2, 0.25) is 0 Å². The predicted octanol–water partition coefficient (Wildman–Crippen LogP) is 3.37. The lowest BCUT2D eigenvalue weighted by atomic mass is 10.1. The quantitative estimate of drug-likeness (QED) is 0.930. The smallest absolute Gasteiger partial charge is 0.339 e. The fraction of sp³-hybridized carbons (Fsp3) is 0.125. The van der Waals surface area contributed by atoms with E-state index in [1.54, 1.807) is 18.2 Å². The number of carbonyl (C=O) groups is 1. The van der Waals surface area contributed by atoms with Crippen molar-refractivity contribution in [3.8, 4) is 23.3 Å². The molecule has 0 aromatic heterocycles. The lowest BCUT2D eigenvalue weighted by molar-refractivity contribution is 0.0694. The van der Waals surface area contributed by atoms with Crippen molar-refractivity contribution < 1.29 is 19.4 Å². The molecule has 1 N–H and O–H groups in total. The van der Waals surface area contributed by atoms with Crippen LogP contribution in [0.15, 0.2) is 36.4 Å². The maximum absolute atomic E-state index is 11.2. The van der Waals surface area contributed by atoms with Gasteiger partial charge in [-0.1, -0.05) is 6.07 Å². The van der Waals surface area contributed by atoms with Gasteiger partial charge in [0.1, 0.15) is 28.9 Å². The van der Waals surface area contributed by atoms with Gasteiger partial charge in [-0.25, -0.2) is 4.79 Å². The predicted molar refractivity (Wildman–Crippen MR) is 75.9 cm³/mol. The number of hydrogen-bond donors (Lipinski definition) is 1. The van der Waals surface area contributed by atoms with Crippen LogP contribution < -0.4 is 9.47 Å². The Morgan fingerprint density at radius 1 is 1.19 bits per heavy atom. The van der Waals surface area contributed by atoms with Crippen LogP contribution in [-0.4, -0.2) is 18.2 Å². The molecule has 0 atom stereocenters. The average Bonchev–Trinajstić information content (AvgIpc) is 2.48. The standard InChI is InChI=1S/C16H13NO4/c1-10-3-6-14(11(7-10)9-17)21-15-8-12(20-2)4-5-13(15)16(18)19/h3-8H,1-2H3,(H,18,19). The Hall–Kier alpha value is -3.00. The van der Waals surface area contributed by atoms with Crippen LogP contribution >= 0.6 is 0 Å². The Morgan fingerprint density at radius 2 is 1.95 bits per heavy atom. The van der Waals surface area contributed by atoms with Crippen molar-refractivity contribution in [2.75, 3.05) is 7.11 Å². The molecule has 5 heteroatoms. The van der Waals surface area contributed by atoms with E-state index in [0.29, 0.717) is 17.1 Å². The largest absolute Gasteiger partial charge is 0.497 e. The first kappa shape index (κ1) is 14.4. The van der Waals surface area contributed by atoms with Gasteiger partial charge in [-0.3, -0.25) is 0 Å². The zero-order valence-corrected chi connectivity index (χ0v) is 11.6. The monoisotopic (exact) mass is 283 g/mol. The van der Waals surface area contributed by atoms with Crippen LogP contribution in [0.3, 0.4) is 0 Å². The molecule has 2 aromatic rings. The first-order chi connectivity index (χ1) is 10.0. The molecular formula is C16H13NO4. The van der Waals surface area contributed by atoms with Crippen LogP contribution in [0.1, 0.15) is 21.5 Å². The number of rotatable bonds is 4. The molecule has 0 bridgehead atoms. The Balaban J connectivity index is 2.48. The fourth-order valence-corrected chi connectivity index (χ4v) is 1.83. The number of methoxy groups -OCH3 is 1. The van der Waals surface area contributed by atoms with Gasteiger partial charge in [0.2, 0.25) is 0 Å². The van der Waals surface area contributed by atoms with Gasteiger partial charge in [0, 0.05) is 6.07 Å².